The van der Waals surface area contributed by atoms with Crippen molar-refractivity contribution in [2.45, 2.75) is 71.1 Å². The number of ether oxygens (including phenoxy) is 1. The molecule has 1 aromatic heterocycles. The highest BCUT2D eigenvalue weighted by molar-refractivity contribution is 7.08. The summed E-state index contributed by atoms with van der Waals surface area (Å²) in [6, 6.07) is 2.69. The Labute approximate surface area is 137 Å². The third kappa shape index (κ3) is 5.20. The van der Waals surface area contributed by atoms with Crippen molar-refractivity contribution in [2.75, 3.05) is 11.9 Å². The number of hydrogen-bond donors (Lipinski definition) is 1. The molecule has 4 nitrogen and oxygen atoms in total. The van der Waals surface area contributed by atoms with Gasteiger partial charge in [-0.2, -0.15) is 11.3 Å². The molecule has 0 saturated carbocycles. The minimum absolute atomic E-state index is 0.167. The summed E-state index contributed by atoms with van der Waals surface area (Å²) in [5.41, 5.74) is 0.733. The number of nitrogens with zero attached hydrogens (tertiary/aromatic N) is 1. The normalized spacial score (nSPS) is 20.5. The summed E-state index contributed by atoms with van der Waals surface area (Å²) in [7, 11) is 0. The van der Waals surface area contributed by atoms with Gasteiger partial charge in [0.05, 0.1) is 0 Å². The fourth-order valence-electron chi connectivity index (χ4n) is 2.90. The van der Waals surface area contributed by atoms with Gasteiger partial charge in [-0.05, 0) is 64.8 Å². The fraction of sp³-hybridized carbons (Fsp3) is 0.706. The lowest BCUT2D eigenvalue weighted by Crippen LogP contribution is -2.47. The van der Waals surface area contributed by atoms with Gasteiger partial charge in [0.2, 0.25) is 0 Å². The number of anilines is 1. The molecule has 0 aromatic carbocycles. The monoisotopic (exact) mass is 324 g/mol. The van der Waals surface area contributed by atoms with Gasteiger partial charge in [-0.3, -0.25) is 0 Å². The number of piperidine rings is 1. The van der Waals surface area contributed by atoms with E-state index in [1.807, 2.05) is 25.7 Å². The zero-order valence-electron chi connectivity index (χ0n) is 14.1. The Morgan fingerprint density at radius 2 is 2.27 bits per heavy atom. The Balaban J connectivity index is 1.92. The van der Waals surface area contributed by atoms with Crippen LogP contribution in [0.5, 0.6) is 0 Å². The molecule has 1 fully saturated rings. The summed E-state index contributed by atoms with van der Waals surface area (Å²) in [6.45, 7) is 8.75. The molecule has 1 aromatic rings. The lowest BCUT2D eigenvalue weighted by molar-refractivity contribution is 0.00852. The Kier molecular flexibility index (Phi) is 5.73. The van der Waals surface area contributed by atoms with Crippen LogP contribution < -0.4 is 5.32 Å². The number of carbonyl (C=O) groups excluding carboxylic acids is 1. The molecular formula is C17H28N2O2S. The van der Waals surface area contributed by atoms with E-state index in [9.17, 15) is 4.79 Å². The molecule has 124 valence electrons. The SMILES string of the molecule is CC(CC1CCCCN1C(=O)OC(C)(C)C)Nc1ccsc1. The molecule has 0 aliphatic carbocycles. The number of carbonyl (C=O) groups is 1. The molecule has 5 heteroatoms. The summed E-state index contributed by atoms with van der Waals surface area (Å²) in [5.74, 6) is 0. The Bertz CT molecular complexity index is 468. The van der Waals surface area contributed by atoms with Crippen molar-refractivity contribution >= 4 is 23.1 Å². The summed E-state index contributed by atoms with van der Waals surface area (Å²) < 4.78 is 5.56. The highest BCUT2D eigenvalue weighted by atomic mass is 32.1. The lowest BCUT2D eigenvalue weighted by Gasteiger charge is -2.38. The van der Waals surface area contributed by atoms with Gasteiger partial charge >= 0.3 is 6.09 Å². The van der Waals surface area contributed by atoms with Crippen molar-refractivity contribution in [1.29, 1.82) is 0 Å². The zero-order chi connectivity index (χ0) is 16.2. The van der Waals surface area contributed by atoms with E-state index < -0.39 is 5.60 Å². The molecular weight excluding hydrogens is 296 g/mol. The molecule has 1 N–H and O–H groups in total. The number of nitrogens with one attached hydrogen (secondary N) is 1. The standard InChI is InChI=1S/C17H28N2O2S/c1-13(18-14-8-10-22-12-14)11-15-7-5-6-9-19(15)16(20)21-17(2,3)4/h8,10,12-13,15,18H,5-7,9,11H2,1-4H3. The second kappa shape index (κ2) is 7.36. The van der Waals surface area contributed by atoms with Gasteiger partial charge in [-0.15, -0.1) is 0 Å². The Morgan fingerprint density at radius 1 is 1.50 bits per heavy atom. The van der Waals surface area contributed by atoms with Crippen LogP contribution in [0, 0.1) is 0 Å². The van der Waals surface area contributed by atoms with Crippen LogP contribution >= 0.6 is 11.3 Å². The molecule has 0 bridgehead atoms. The van der Waals surface area contributed by atoms with Crippen molar-refractivity contribution in [3.8, 4) is 0 Å². The Hall–Kier alpha value is -1.23. The molecule has 1 aliphatic rings. The summed E-state index contributed by atoms with van der Waals surface area (Å²) in [5, 5.41) is 7.69. The molecule has 2 heterocycles. The van der Waals surface area contributed by atoms with E-state index in [0.717, 1.165) is 31.5 Å². The molecule has 1 saturated heterocycles. The molecule has 2 atom stereocenters. The summed E-state index contributed by atoms with van der Waals surface area (Å²) in [4.78, 5) is 14.3. The van der Waals surface area contributed by atoms with E-state index in [2.05, 4.69) is 29.1 Å². The van der Waals surface area contributed by atoms with Crippen LogP contribution in [0.25, 0.3) is 0 Å². The van der Waals surface area contributed by atoms with Gasteiger partial charge in [0.25, 0.3) is 0 Å². The zero-order valence-corrected chi connectivity index (χ0v) is 14.9. The fourth-order valence-corrected chi connectivity index (χ4v) is 3.50. The Morgan fingerprint density at radius 3 is 2.91 bits per heavy atom. The average molecular weight is 324 g/mol. The topological polar surface area (TPSA) is 41.6 Å². The van der Waals surface area contributed by atoms with Gasteiger partial charge < -0.3 is 15.0 Å². The first-order chi connectivity index (χ1) is 10.3. The highest BCUT2D eigenvalue weighted by Crippen LogP contribution is 2.24. The minimum Gasteiger partial charge on any atom is -0.444 e. The van der Waals surface area contributed by atoms with E-state index in [-0.39, 0.29) is 12.1 Å². The van der Waals surface area contributed by atoms with Crippen LogP contribution in [0.1, 0.15) is 53.4 Å². The minimum atomic E-state index is -0.431. The van der Waals surface area contributed by atoms with Gasteiger partial charge in [-0.1, -0.05) is 0 Å². The van der Waals surface area contributed by atoms with Gasteiger partial charge in [0.1, 0.15) is 5.60 Å². The number of likely N-dealkylation sites (tertiary alicyclic amines) is 1. The lowest BCUT2D eigenvalue weighted by atomic mass is 9.96. The van der Waals surface area contributed by atoms with Gasteiger partial charge in [0, 0.05) is 29.7 Å². The van der Waals surface area contributed by atoms with Crippen molar-refractivity contribution in [1.82, 2.24) is 4.90 Å². The quantitative estimate of drug-likeness (QED) is 0.870. The van der Waals surface area contributed by atoms with Crippen molar-refractivity contribution in [2.24, 2.45) is 0 Å². The number of thiophene rings is 1. The summed E-state index contributed by atoms with van der Waals surface area (Å²) >= 11 is 1.69. The van der Waals surface area contributed by atoms with Crippen LogP contribution in [0.2, 0.25) is 0 Å². The second-order valence-corrected chi connectivity index (χ2v) is 7.90. The van der Waals surface area contributed by atoms with E-state index in [1.54, 1.807) is 11.3 Å². The molecule has 2 unspecified atom stereocenters. The highest BCUT2D eigenvalue weighted by Gasteiger charge is 2.31. The average Bonchev–Trinajstić information content (AvgIpc) is 2.90. The molecule has 1 aliphatic heterocycles. The maximum Gasteiger partial charge on any atom is 0.410 e. The third-order valence-electron chi connectivity index (χ3n) is 3.82. The smallest absolute Gasteiger partial charge is 0.410 e. The number of amides is 1. The first-order valence-corrected chi connectivity index (χ1v) is 9.08. The van der Waals surface area contributed by atoms with Crippen LogP contribution in [-0.2, 0) is 4.74 Å². The van der Waals surface area contributed by atoms with Crippen LogP contribution in [-0.4, -0.2) is 35.2 Å². The van der Waals surface area contributed by atoms with Crippen molar-refractivity contribution in [3.63, 3.8) is 0 Å². The maximum absolute atomic E-state index is 12.4. The van der Waals surface area contributed by atoms with E-state index >= 15 is 0 Å². The van der Waals surface area contributed by atoms with E-state index in [0.29, 0.717) is 6.04 Å². The van der Waals surface area contributed by atoms with Gasteiger partial charge in [0.15, 0.2) is 0 Å². The van der Waals surface area contributed by atoms with Crippen LogP contribution in [0.3, 0.4) is 0 Å². The molecule has 0 spiro atoms. The largest absolute Gasteiger partial charge is 0.444 e. The maximum atomic E-state index is 12.4. The van der Waals surface area contributed by atoms with E-state index in [4.69, 9.17) is 4.74 Å². The molecule has 1 amide bonds. The van der Waals surface area contributed by atoms with E-state index in [1.165, 1.54) is 6.42 Å². The predicted molar refractivity (Wildman–Crippen MR) is 92.6 cm³/mol. The third-order valence-corrected chi connectivity index (χ3v) is 4.50. The molecule has 22 heavy (non-hydrogen) atoms. The first-order valence-electron chi connectivity index (χ1n) is 8.13. The molecule has 0 radical (unpaired) electrons. The predicted octanol–water partition coefficient (Wildman–Crippen LogP) is 4.73. The van der Waals surface area contributed by atoms with Gasteiger partial charge in [-0.25, -0.2) is 4.79 Å². The summed E-state index contributed by atoms with van der Waals surface area (Å²) in [6.07, 6.45) is 4.11. The van der Waals surface area contributed by atoms with Crippen LogP contribution in [0.4, 0.5) is 10.5 Å². The number of rotatable bonds is 4. The molecule has 2 rings (SSSR count). The second-order valence-electron chi connectivity index (χ2n) is 7.12. The first kappa shape index (κ1) is 17.1. The number of hydrogen-bond acceptors (Lipinski definition) is 4. The van der Waals surface area contributed by atoms with Crippen molar-refractivity contribution in [3.05, 3.63) is 16.8 Å². The van der Waals surface area contributed by atoms with Crippen LogP contribution in [0.15, 0.2) is 16.8 Å². The van der Waals surface area contributed by atoms with Crippen molar-refractivity contribution < 1.29 is 9.53 Å².